The Morgan fingerprint density at radius 1 is 1.35 bits per heavy atom. The maximum absolute atomic E-state index is 12.8. The minimum absolute atomic E-state index is 0.0656. The Kier molecular flexibility index (Phi) is 4.36. The van der Waals surface area contributed by atoms with Gasteiger partial charge in [0.15, 0.2) is 0 Å². The summed E-state index contributed by atoms with van der Waals surface area (Å²) >= 11 is 3.44. The largest absolute Gasteiger partial charge is 0.333 e. The van der Waals surface area contributed by atoms with Crippen molar-refractivity contribution in [3.8, 4) is 0 Å². The molecule has 0 aromatic carbocycles. The van der Waals surface area contributed by atoms with Gasteiger partial charge < -0.3 is 10.2 Å². The molecule has 2 fully saturated rings. The van der Waals surface area contributed by atoms with Crippen molar-refractivity contribution in [2.75, 3.05) is 13.1 Å². The number of carbonyl (C=O) groups excluding carboxylic acids is 1. The highest BCUT2D eigenvalue weighted by Gasteiger charge is 2.35. The molecule has 1 amide bonds. The lowest BCUT2D eigenvalue weighted by Gasteiger charge is -2.39. The minimum Gasteiger partial charge on any atom is -0.333 e. The van der Waals surface area contributed by atoms with Crippen molar-refractivity contribution in [3.63, 3.8) is 0 Å². The molecule has 0 saturated carbocycles. The van der Waals surface area contributed by atoms with E-state index in [4.69, 9.17) is 0 Å². The van der Waals surface area contributed by atoms with Gasteiger partial charge in [-0.1, -0.05) is 0 Å². The molecular formula is C15H20BrN3O. The lowest BCUT2D eigenvalue weighted by Crippen LogP contribution is -2.52. The second-order valence-corrected chi connectivity index (χ2v) is 6.45. The van der Waals surface area contributed by atoms with E-state index < -0.39 is 0 Å². The standard InChI is InChI=1S/C15H20BrN3O/c16-11-5-3-9-18-14(11)15(20)19-10-2-1-7-13(19)12-6-4-8-17-12/h3,5,9,12-13,17H,1-2,4,6-8,10H2. The van der Waals surface area contributed by atoms with Crippen LogP contribution in [-0.4, -0.2) is 41.0 Å². The third-order valence-electron chi connectivity index (χ3n) is 4.33. The number of piperidine rings is 1. The van der Waals surface area contributed by atoms with Gasteiger partial charge in [-0.15, -0.1) is 0 Å². The van der Waals surface area contributed by atoms with Crippen molar-refractivity contribution in [3.05, 3.63) is 28.5 Å². The van der Waals surface area contributed by atoms with Crippen molar-refractivity contribution in [1.29, 1.82) is 0 Å². The summed E-state index contributed by atoms with van der Waals surface area (Å²) in [4.78, 5) is 19.1. The zero-order chi connectivity index (χ0) is 13.9. The summed E-state index contributed by atoms with van der Waals surface area (Å²) in [6.07, 6.45) is 7.50. The molecule has 3 rings (SSSR count). The Labute approximate surface area is 128 Å². The van der Waals surface area contributed by atoms with E-state index in [9.17, 15) is 4.79 Å². The average molecular weight is 338 g/mol. The number of rotatable bonds is 2. The van der Waals surface area contributed by atoms with E-state index in [0.29, 0.717) is 17.8 Å². The maximum atomic E-state index is 12.8. The summed E-state index contributed by atoms with van der Waals surface area (Å²) in [6.45, 7) is 1.93. The van der Waals surface area contributed by atoms with Crippen LogP contribution in [0.5, 0.6) is 0 Å². The van der Waals surface area contributed by atoms with Crippen LogP contribution < -0.4 is 5.32 Å². The van der Waals surface area contributed by atoms with Crippen molar-refractivity contribution in [2.45, 2.75) is 44.2 Å². The first-order valence-corrected chi connectivity index (χ1v) is 8.21. The first kappa shape index (κ1) is 14.0. The number of hydrogen-bond acceptors (Lipinski definition) is 3. The number of hydrogen-bond donors (Lipinski definition) is 1. The van der Waals surface area contributed by atoms with Crippen LogP contribution in [0.3, 0.4) is 0 Å². The topological polar surface area (TPSA) is 45.2 Å². The fraction of sp³-hybridized carbons (Fsp3) is 0.600. The van der Waals surface area contributed by atoms with Crippen LogP contribution in [0.1, 0.15) is 42.6 Å². The van der Waals surface area contributed by atoms with Crippen LogP contribution in [-0.2, 0) is 0 Å². The lowest BCUT2D eigenvalue weighted by atomic mass is 9.94. The molecule has 0 spiro atoms. The molecule has 1 N–H and O–H groups in total. The van der Waals surface area contributed by atoms with Gasteiger partial charge in [0.1, 0.15) is 5.69 Å². The number of nitrogens with zero attached hydrogens (tertiary/aromatic N) is 2. The van der Waals surface area contributed by atoms with E-state index >= 15 is 0 Å². The highest BCUT2D eigenvalue weighted by atomic mass is 79.9. The molecule has 2 atom stereocenters. The second kappa shape index (κ2) is 6.22. The SMILES string of the molecule is O=C(c1ncccc1Br)N1CCCCC1C1CCCN1. The first-order chi connectivity index (χ1) is 9.77. The number of likely N-dealkylation sites (tertiary alicyclic amines) is 1. The van der Waals surface area contributed by atoms with E-state index in [1.54, 1.807) is 6.20 Å². The Hall–Kier alpha value is -0.940. The number of carbonyl (C=O) groups is 1. The first-order valence-electron chi connectivity index (χ1n) is 7.42. The number of pyridine rings is 1. The smallest absolute Gasteiger partial charge is 0.273 e. The second-order valence-electron chi connectivity index (χ2n) is 5.60. The zero-order valence-corrected chi connectivity index (χ0v) is 13.1. The van der Waals surface area contributed by atoms with Crippen LogP contribution in [0, 0.1) is 0 Å². The number of nitrogens with one attached hydrogen (secondary N) is 1. The molecule has 1 aromatic rings. The van der Waals surface area contributed by atoms with E-state index in [1.807, 2.05) is 17.0 Å². The quantitative estimate of drug-likeness (QED) is 0.902. The van der Waals surface area contributed by atoms with Crippen LogP contribution in [0.15, 0.2) is 22.8 Å². The van der Waals surface area contributed by atoms with E-state index in [2.05, 4.69) is 26.2 Å². The average Bonchev–Trinajstić information content (AvgIpc) is 3.01. The summed E-state index contributed by atoms with van der Waals surface area (Å²) in [7, 11) is 0. The maximum Gasteiger partial charge on any atom is 0.273 e. The highest BCUT2D eigenvalue weighted by Crippen LogP contribution is 2.27. The molecule has 2 unspecified atom stereocenters. The van der Waals surface area contributed by atoms with Gasteiger partial charge in [0, 0.05) is 29.3 Å². The van der Waals surface area contributed by atoms with Gasteiger partial charge in [0.25, 0.3) is 5.91 Å². The molecule has 3 heterocycles. The van der Waals surface area contributed by atoms with Gasteiger partial charge in [0.2, 0.25) is 0 Å². The van der Waals surface area contributed by atoms with E-state index in [0.717, 1.165) is 30.4 Å². The van der Waals surface area contributed by atoms with Crippen molar-refractivity contribution < 1.29 is 4.79 Å². The van der Waals surface area contributed by atoms with Gasteiger partial charge in [-0.2, -0.15) is 0 Å². The minimum atomic E-state index is 0.0656. The molecule has 1 aromatic heterocycles. The fourth-order valence-corrected chi connectivity index (χ4v) is 3.77. The summed E-state index contributed by atoms with van der Waals surface area (Å²) < 4.78 is 0.786. The van der Waals surface area contributed by atoms with Crippen molar-refractivity contribution in [1.82, 2.24) is 15.2 Å². The van der Waals surface area contributed by atoms with Gasteiger partial charge >= 0.3 is 0 Å². The Balaban J connectivity index is 1.82. The van der Waals surface area contributed by atoms with E-state index in [-0.39, 0.29) is 5.91 Å². The summed E-state index contributed by atoms with van der Waals surface area (Å²) in [5.41, 5.74) is 0.539. The lowest BCUT2D eigenvalue weighted by molar-refractivity contribution is 0.0556. The van der Waals surface area contributed by atoms with Gasteiger partial charge in [-0.25, -0.2) is 4.98 Å². The number of amides is 1. The van der Waals surface area contributed by atoms with Crippen LogP contribution >= 0.6 is 15.9 Å². The van der Waals surface area contributed by atoms with Crippen LogP contribution in [0.25, 0.3) is 0 Å². The van der Waals surface area contributed by atoms with Gasteiger partial charge in [-0.3, -0.25) is 4.79 Å². The fourth-order valence-electron chi connectivity index (χ4n) is 3.35. The van der Waals surface area contributed by atoms with E-state index in [1.165, 1.54) is 19.3 Å². The summed E-state index contributed by atoms with van der Waals surface area (Å²) in [5.74, 6) is 0.0656. The molecule has 2 aliphatic heterocycles. The van der Waals surface area contributed by atoms with Crippen LogP contribution in [0.4, 0.5) is 0 Å². The molecule has 0 bridgehead atoms. The molecule has 2 aliphatic rings. The summed E-state index contributed by atoms with van der Waals surface area (Å²) in [5, 5.41) is 3.55. The molecule has 0 aliphatic carbocycles. The Morgan fingerprint density at radius 3 is 3.00 bits per heavy atom. The number of aromatic nitrogens is 1. The van der Waals surface area contributed by atoms with Crippen molar-refractivity contribution >= 4 is 21.8 Å². The zero-order valence-electron chi connectivity index (χ0n) is 11.5. The Bertz CT molecular complexity index is 488. The summed E-state index contributed by atoms with van der Waals surface area (Å²) in [6, 6.07) is 4.51. The number of halogens is 1. The monoisotopic (exact) mass is 337 g/mol. The normalized spacial score (nSPS) is 26.8. The molecule has 5 heteroatoms. The molecule has 4 nitrogen and oxygen atoms in total. The van der Waals surface area contributed by atoms with Crippen LogP contribution in [0.2, 0.25) is 0 Å². The third-order valence-corrected chi connectivity index (χ3v) is 4.97. The molecule has 20 heavy (non-hydrogen) atoms. The highest BCUT2D eigenvalue weighted by molar-refractivity contribution is 9.10. The third kappa shape index (κ3) is 2.74. The van der Waals surface area contributed by atoms with Gasteiger partial charge in [0.05, 0.1) is 0 Å². The molecule has 2 saturated heterocycles. The van der Waals surface area contributed by atoms with Gasteiger partial charge in [-0.05, 0) is 66.7 Å². The Morgan fingerprint density at radius 2 is 2.25 bits per heavy atom. The van der Waals surface area contributed by atoms with Crippen molar-refractivity contribution in [2.24, 2.45) is 0 Å². The predicted molar refractivity (Wildman–Crippen MR) is 81.6 cm³/mol. The molecular weight excluding hydrogens is 318 g/mol. The molecule has 0 radical (unpaired) electrons. The predicted octanol–water partition coefficient (Wildman–Crippen LogP) is 2.59. The molecule has 108 valence electrons.